The summed E-state index contributed by atoms with van der Waals surface area (Å²) in [6, 6.07) is 0. The molecule has 0 fully saturated rings. The van der Waals surface area contributed by atoms with Gasteiger partial charge >= 0.3 is 6.09 Å². The topological polar surface area (TPSA) is 78.4 Å². The fourth-order valence-corrected chi connectivity index (χ4v) is 0.532. The van der Waals surface area contributed by atoms with Crippen molar-refractivity contribution in [3.63, 3.8) is 0 Å². The Morgan fingerprint density at radius 3 is 2.58 bits per heavy atom. The summed E-state index contributed by atoms with van der Waals surface area (Å²) in [5, 5.41) is 12.6. The minimum Gasteiger partial charge on any atom is -0.465 e. The summed E-state index contributed by atoms with van der Waals surface area (Å²) < 4.78 is 0. The van der Waals surface area contributed by atoms with Gasteiger partial charge in [0, 0.05) is 6.54 Å². The third kappa shape index (κ3) is 6.60. The maximum absolute atomic E-state index is 10.8. The number of hydrogen-bond acceptors (Lipinski definition) is 2. The van der Waals surface area contributed by atoms with Gasteiger partial charge in [-0.3, -0.25) is 4.79 Å². The van der Waals surface area contributed by atoms with Gasteiger partial charge in [-0.05, 0) is 6.42 Å². The van der Waals surface area contributed by atoms with Gasteiger partial charge in [0.25, 0.3) is 0 Å². The Morgan fingerprint density at radius 1 is 1.42 bits per heavy atom. The summed E-state index contributed by atoms with van der Waals surface area (Å²) >= 11 is 0. The number of amides is 2. The van der Waals surface area contributed by atoms with Crippen LogP contribution in [0.25, 0.3) is 0 Å². The van der Waals surface area contributed by atoms with Crippen LogP contribution in [0.1, 0.15) is 6.42 Å². The summed E-state index contributed by atoms with van der Waals surface area (Å²) in [6.07, 6.45) is 1.15. The van der Waals surface area contributed by atoms with Gasteiger partial charge in [-0.15, -0.1) is 6.58 Å². The highest BCUT2D eigenvalue weighted by atomic mass is 16.4. The van der Waals surface area contributed by atoms with Crippen LogP contribution < -0.4 is 10.6 Å². The van der Waals surface area contributed by atoms with E-state index in [0.717, 1.165) is 0 Å². The molecular formula is C7H12N2O3. The number of carbonyl (C=O) groups excluding carboxylic acids is 1. The third-order valence-corrected chi connectivity index (χ3v) is 1.07. The average Bonchev–Trinajstić information content (AvgIpc) is 2.01. The zero-order valence-corrected chi connectivity index (χ0v) is 6.67. The highest BCUT2D eigenvalue weighted by molar-refractivity contribution is 5.81. The standard InChI is InChI=1S/C7H12N2O3/c1-2-3-4-8-6(10)5-9-7(11)12/h2,9H,1,3-5H2,(H,8,10)(H,11,12). The van der Waals surface area contributed by atoms with Gasteiger partial charge in [-0.25, -0.2) is 4.79 Å². The average molecular weight is 172 g/mol. The molecule has 0 aromatic heterocycles. The lowest BCUT2D eigenvalue weighted by Crippen LogP contribution is -2.36. The normalized spacial score (nSPS) is 8.67. The maximum Gasteiger partial charge on any atom is 0.405 e. The number of hydrogen-bond donors (Lipinski definition) is 3. The van der Waals surface area contributed by atoms with E-state index in [0.29, 0.717) is 13.0 Å². The molecule has 2 amide bonds. The van der Waals surface area contributed by atoms with Crippen LogP contribution in [0.4, 0.5) is 4.79 Å². The van der Waals surface area contributed by atoms with E-state index in [9.17, 15) is 9.59 Å². The molecule has 0 saturated carbocycles. The molecule has 0 aliphatic rings. The molecule has 0 bridgehead atoms. The Bertz CT molecular complexity index is 179. The van der Waals surface area contributed by atoms with Crippen molar-refractivity contribution in [3.8, 4) is 0 Å². The number of carbonyl (C=O) groups is 2. The Labute approximate surface area is 70.5 Å². The predicted molar refractivity (Wildman–Crippen MR) is 43.9 cm³/mol. The summed E-state index contributed by atoms with van der Waals surface area (Å²) in [7, 11) is 0. The lowest BCUT2D eigenvalue weighted by Gasteiger charge is -2.02. The molecule has 5 heteroatoms. The molecule has 0 unspecified atom stereocenters. The SMILES string of the molecule is C=CCCNC(=O)CNC(=O)O. The lowest BCUT2D eigenvalue weighted by molar-refractivity contribution is -0.120. The van der Waals surface area contributed by atoms with Crippen LogP contribution in [0, 0.1) is 0 Å². The molecule has 0 saturated heterocycles. The van der Waals surface area contributed by atoms with Crippen molar-refractivity contribution in [1.82, 2.24) is 10.6 Å². The Balaban J connectivity index is 3.33. The van der Waals surface area contributed by atoms with E-state index in [1.54, 1.807) is 6.08 Å². The molecule has 0 aromatic carbocycles. The highest BCUT2D eigenvalue weighted by Crippen LogP contribution is 1.74. The van der Waals surface area contributed by atoms with Crippen molar-refractivity contribution in [2.45, 2.75) is 6.42 Å². The first kappa shape index (κ1) is 10.5. The molecule has 0 radical (unpaired) electrons. The van der Waals surface area contributed by atoms with Crippen LogP contribution >= 0.6 is 0 Å². The van der Waals surface area contributed by atoms with E-state index in [-0.39, 0.29) is 12.5 Å². The second-order valence-electron chi connectivity index (χ2n) is 2.09. The second-order valence-corrected chi connectivity index (χ2v) is 2.09. The fraction of sp³-hybridized carbons (Fsp3) is 0.429. The van der Waals surface area contributed by atoms with Crippen molar-refractivity contribution in [3.05, 3.63) is 12.7 Å². The first-order valence-electron chi connectivity index (χ1n) is 3.51. The van der Waals surface area contributed by atoms with Gasteiger partial charge in [-0.2, -0.15) is 0 Å². The predicted octanol–water partition coefficient (Wildman–Crippen LogP) is -0.0537. The minimum absolute atomic E-state index is 0.202. The van der Waals surface area contributed by atoms with Gasteiger partial charge in [0.2, 0.25) is 5.91 Å². The lowest BCUT2D eigenvalue weighted by atomic mass is 10.4. The van der Waals surface area contributed by atoms with Crippen molar-refractivity contribution in [2.75, 3.05) is 13.1 Å². The first-order valence-corrected chi connectivity index (χ1v) is 3.51. The number of nitrogens with one attached hydrogen (secondary N) is 2. The van der Waals surface area contributed by atoms with Gasteiger partial charge in [0.1, 0.15) is 0 Å². The maximum atomic E-state index is 10.8. The monoisotopic (exact) mass is 172 g/mol. The van der Waals surface area contributed by atoms with E-state index in [2.05, 4.69) is 11.9 Å². The van der Waals surface area contributed by atoms with Gasteiger partial charge in [0.15, 0.2) is 0 Å². The second kappa shape index (κ2) is 6.21. The van der Waals surface area contributed by atoms with Gasteiger partial charge < -0.3 is 15.7 Å². The number of carboxylic acid groups (broad SMARTS) is 1. The van der Waals surface area contributed by atoms with Crippen LogP contribution in [0.15, 0.2) is 12.7 Å². The van der Waals surface area contributed by atoms with Crippen LogP contribution in [-0.2, 0) is 4.79 Å². The van der Waals surface area contributed by atoms with Crippen molar-refractivity contribution >= 4 is 12.0 Å². The van der Waals surface area contributed by atoms with Crippen molar-refractivity contribution in [1.29, 1.82) is 0 Å². The minimum atomic E-state index is -1.20. The van der Waals surface area contributed by atoms with E-state index < -0.39 is 6.09 Å². The van der Waals surface area contributed by atoms with E-state index in [1.165, 1.54) is 0 Å². The van der Waals surface area contributed by atoms with Crippen molar-refractivity contribution in [2.24, 2.45) is 0 Å². The van der Waals surface area contributed by atoms with Crippen LogP contribution in [0.5, 0.6) is 0 Å². The molecule has 0 aliphatic heterocycles. The Hall–Kier alpha value is -1.52. The molecule has 68 valence electrons. The zero-order chi connectivity index (χ0) is 9.40. The zero-order valence-electron chi connectivity index (χ0n) is 6.67. The summed E-state index contributed by atoms with van der Waals surface area (Å²) in [5.74, 6) is -0.334. The molecule has 0 atom stereocenters. The number of rotatable bonds is 5. The summed E-state index contributed by atoms with van der Waals surface area (Å²) in [4.78, 5) is 20.7. The highest BCUT2D eigenvalue weighted by Gasteiger charge is 2.00. The van der Waals surface area contributed by atoms with E-state index >= 15 is 0 Å². The largest absolute Gasteiger partial charge is 0.465 e. The van der Waals surface area contributed by atoms with Crippen molar-refractivity contribution < 1.29 is 14.7 Å². The molecule has 12 heavy (non-hydrogen) atoms. The molecule has 3 N–H and O–H groups in total. The Morgan fingerprint density at radius 2 is 2.08 bits per heavy atom. The first-order chi connectivity index (χ1) is 5.66. The quantitative estimate of drug-likeness (QED) is 0.401. The molecule has 0 spiro atoms. The van der Waals surface area contributed by atoms with Crippen LogP contribution in [-0.4, -0.2) is 30.2 Å². The third-order valence-electron chi connectivity index (χ3n) is 1.07. The summed E-state index contributed by atoms with van der Waals surface area (Å²) in [6.45, 7) is 3.76. The molecule has 0 heterocycles. The van der Waals surface area contributed by atoms with Crippen LogP contribution in [0.3, 0.4) is 0 Å². The summed E-state index contributed by atoms with van der Waals surface area (Å²) in [5.41, 5.74) is 0. The Kier molecular flexibility index (Phi) is 5.42. The molecule has 0 aliphatic carbocycles. The van der Waals surface area contributed by atoms with Gasteiger partial charge in [-0.1, -0.05) is 6.08 Å². The van der Waals surface area contributed by atoms with Crippen LogP contribution in [0.2, 0.25) is 0 Å². The van der Waals surface area contributed by atoms with E-state index in [4.69, 9.17) is 5.11 Å². The molecule has 0 aromatic rings. The smallest absolute Gasteiger partial charge is 0.405 e. The molecule has 5 nitrogen and oxygen atoms in total. The van der Waals surface area contributed by atoms with E-state index in [1.807, 2.05) is 5.32 Å². The fourth-order valence-electron chi connectivity index (χ4n) is 0.532. The molecule has 0 rings (SSSR count). The molecular weight excluding hydrogens is 160 g/mol. The van der Waals surface area contributed by atoms with Gasteiger partial charge in [0.05, 0.1) is 6.54 Å².